The fraction of sp³-hybridized carbons (Fsp3) is 0.318. The van der Waals surface area contributed by atoms with E-state index in [0.717, 1.165) is 60.5 Å². The van der Waals surface area contributed by atoms with Gasteiger partial charge in [-0.25, -0.2) is 9.97 Å². The number of fused-ring (bicyclic) bond motifs is 2. The summed E-state index contributed by atoms with van der Waals surface area (Å²) >= 11 is 1.08. The van der Waals surface area contributed by atoms with Gasteiger partial charge >= 0.3 is 6.18 Å². The molecule has 1 saturated heterocycles. The minimum Gasteiger partial charge on any atom is -0.353 e. The topological polar surface area (TPSA) is 71.8 Å². The van der Waals surface area contributed by atoms with Crippen LogP contribution in [0.3, 0.4) is 0 Å². The maximum Gasteiger partial charge on any atom is 0.393 e. The van der Waals surface area contributed by atoms with Gasteiger partial charge in [-0.1, -0.05) is 12.1 Å². The summed E-state index contributed by atoms with van der Waals surface area (Å²) in [4.78, 5) is 17.0. The first-order valence-electron chi connectivity index (χ1n) is 10.2. The zero-order valence-electron chi connectivity index (χ0n) is 17.0. The van der Waals surface area contributed by atoms with Crippen molar-refractivity contribution < 1.29 is 13.2 Å². The number of benzene rings is 1. The second-order valence-electron chi connectivity index (χ2n) is 7.90. The number of aromatic amines is 1. The monoisotopic (exact) mass is 456 g/mol. The molecule has 1 aromatic carbocycles. The third-order valence-electron chi connectivity index (χ3n) is 5.62. The molecule has 0 aliphatic carbocycles. The molecule has 0 unspecified atom stereocenters. The Balaban J connectivity index is 1.27. The third kappa shape index (κ3) is 4.26. The molecule has 1 aliphatic heterocycles. The van der Waals surface area contributed by atoms with Gasteiger partial charge < -0.3 is 9.88 Å². The second-order valence-corrected chi connectivity index (χ2v) is 9.02. The van der Waals surface area contributed by atoms with Gasteiger partial charge in [0.2, 0.25) is 0 Å². The zero-order chi connectivity index (χ0) is 22.3. The predicted octanol–water partition coefficient (Wildman–Crippen LogP) is 4.47. The van der Waals surface area contributed by atoms with Gasteiger partial charge in [-0.2, -0.15) is 18.4 Å². The maximum absolute atomic E-state index is 12.8. The summed E-state index contributed by atoms with van der Waals surface area (Å²) in [5.41, 5.74) is 2.67. The van der Waals surface area contributed by atoms with Gasteiger partial charge in [-0.3, -0.25) is 4.90 Å². The number of rotatable bonds is 4. The number of alkyl halides is 3. The first-order chi connectivity index (χ1) is 15.4. The lowest BCUT2D eigenvalue weighted by molar-refractivity contribution is -0.126. The number of aromatic nitrogens is 3. The highest BCUT2D eigenvalue weighted by Crippen LogP contribution is 2.34. The molecule has 4 heterocycles. The van der Waals surface area contributed by atoms with Crippen LogP contribution < -0.4 is 4.90 Å². The van der Waals surface area contributed by atoms with E-state index in [1.54, 1.807) is 6.07 Å². The number of nitriles is 1. The van der Waals surface area contributed by atoms with E-state index in [4.69, 9.17) is 5.26 Å². The molecular weight excluding hydrogens is 437 g/mol. The second kappa shape index (κ2) is 8.07. The van der Waals surface area contributed by atoms with Crippen LogP contribution in [0, 0.1) is 11.3 Å². The summed E-state index contributed by atoms with van der Waals surface area (Å²) in [6.07, 6.45) is -3.75. The van der Waals surface area contributed by atoms with Crippen LogP contribution in [0.1, 0.15) is 16.1 Å². The number of halogens is 3. The number of H-pyrrole nitrogens is 1. The number of thiophene rings is 1. The SMILES string of the molecule is N#Cc1cc2ccc(CN3CCN(c4ncnc5sc(CC(F)(F)F)cc45)CC3)cc2[nH]1. The van der Waals surface area contributed by atoms with Crippen molar-refractivity contribution in [2.45, 2.75) is 19.1 Å². The van der Waals surface area contributed by atoms with Crippen molar-refractivity contribution >= 4 is 38.3 Å². The van der Waals surface area contributed by atoms with Crippen molar-refractivity contribution in [3.63, 3.8) is 0 Å². The lowest BCUT2D eigenvalue weighted by atomic mass is 10.1. The van der Waals surface area contributed by atoms with Gasteiger partial charge in [0.15, 0.2) is 0 Å². The molecule has 6 nitrogen and oxygen atoms in total. The Bertz CT molecular complexity index is 1310. The molecule has 0 atom stereocenters. The summed E-state index contributed by atoms with van der Waals surface area (Å²) in [7, 11) is 0. The largest absolute Gasteiger partial charge is 0.393 e. The summed E-state index contributed by atoms with van der Waals surface area (Å²) in [5.74, 6) is 0.705. The number of nitrogens with zero attached hydrogens (tertiary/aromatic N) is 5. The summed E-state index contributed by atoms with van der Waals surface area (Å²) in [6.45, 7) is 3.90. The molecular formula is C22H19F3N6S. The van der Waals surface area contributed by atoms with E-state index in [0.29, 0.717) is 21.7 Å². The van der Waals surface area contributed by atoms with Crippen molar-refractivity contribution in [1.29, 1.82) is 5.26 Å². The van der Waals surface area contributed by atoms with E-state index in [9.17, 15) is 13.2 Å². The van der Waals surface area contributed by atoms with Gasteiger partial charge in [-0.05, 0) is 23.8 Å². The van der Waals surface area contributed by atoms with Gasteiger partial charge in [0.25, 0.3) is 0 Å². The van der Waals surface area contributed by atoms with Crippen molar-refractivity contribution in [2.75, 3.05) is 31.1 Å². The maximum atomic E-state index is 12.8. The first kappa shape index (κ1) is 20.7. The molecule has 1 N–H and O–H groups in total. The quantitative estimate of drug-likeness (QED) is 0.491. The fourth-order valence-corrected chi connectivity index (χ4v) is 5.16. The van der Waals surface area contributed by atoms with Gasteiger partial charge in [0, 0.05) is 48.5 Å². The summed E-state index contributed by atoms with van der Waals surface area (Å²) in [6, 6.07) is 11.7. The molecule has 0 bridgehead atoms. The number of hydrogen-bond donors (Lipinski definition) is 1. The average molecular weight is 456 g/mol. The van der Waals surface area contributed by atoms with Crippen LogP contribution in [-0.4, -0.2) is 52.2 Å². The van der Waals surface area contributed by atoms with Crippen LogP contribution in [0.15, 0.2) is 36.7 Å². The molecule has 32 heavy (non-hydrogen) atoms. The molecule has 10 heteroatoms. The Morgan fingerprint density at radius 2 is 1.91 bits per heavy atom. The standard InChI is InChI=1S/C22H19F3N6S/c23-22(24,25)10-17-9-18-20(27-13-28-21(18)32-17)31-5-3-30(4-6-31)12-14-1-2-15-8-16(11-26)29-19(15)7-14/h1-2,7-9,13,29H,3-6,10,12H2. The third-order valence-corrected chi connectivity index (χ3v) is 6.66. The van der Waals surface area contributed by atoms with Crippen LogP contribution in [-0.2, 0) is 13.0 Å². The minimum absolute atomic E-state index is 0.257. The van der Waals surface area contributed by atoms with Gasteiger partial charge in [0.05, 0.1) is 11.8 Å². The van der Waals surface area contributed by atoms with Gasteiger partial charge in [-0.15, -0.1) is 11.3 Å². The average Bonchev–Trinajstić information content (AvgIpc) is 3.35. The molecule has 1 fully saturated rings. The highest BCUT2D eigenvalue weighted by molar-refractivity contribution is 7.18. The highest BCUT2D eigenvalue weighted by Gasteiger charge is 2.29. The Hall–Kier alpha value is -3.16. The van der Waals surface area contributed by atoms with E-state index in [2.05, 4.69) is 43.0 Å². The predicted molar refractivity (Wildman–Crippen MR) is 118 cm³/mol. The fourth-order valence-electron chi connectivity index (χ4n) is 4.14. The normalized spacial score (nSPS) is 15.5. The molecule has 0 radical (unpaired) electrons. The van der Waals surface area contributed by atoms with Crippen molar-refractivity contribution in [3.8, 4) is 6.07 Å². The van der Waals surface area contributed by atoms with Gasteiger partial charge in [0.1, 0.15) is 28.7 Å². The smallest absolute Gasteiger partial charge is 0.353 e. The molecule has 164 valence electrons. The van der Waals surface area contributed by atoms with Crippen LogP contribution in [0.5, 0.6) is 0 Å². The van der Waals surface area contributed by atoms with Crippen molar-refractivity contribution in [2.24, 2.45) is 0 Å². The van der Waals surface area contributed by atoms with E-state index < -0.39 is 12.6 Å². The molecule has 5 rings (SSSR count). The first-order valence-corrected chi connectivity index (χ1v) is 11.0. The minimum atomic E-state index is -4.24. The van der Waals surface area contributed by atoms with Crippen molar-refractivity contribution in [3.05, 3.63) is 52.8 Å². The molecule has 1 aliphatic rings. The molecule has 0 spiro atoms. The van der Waals surface area contributed by atoms with E-state index in [1.165, 1.54) is 6.33 Å². The summed E-state index contributed by atoms with van der Waals surface area (Å²) in [5, 5.41) is 10.8. The highest BCUT2D eigenvalue weighted by atomic mass is 32.1. The Kier molecular flexibility index (Phi) is 5.23. The van der Waals surface area contributed by atoms with Crippen LogP contribution in [0.2, 0.25) is 0 Å². The molecule has 0 amide bonds. The molecule has 3 aromatic heterocycles. The Morgan fingerprint density at radius 3 is 2.66 bits per heavy atom. The zero-order valence-corrected chi connectivity index (χ0v) is 17.8. The number of piperazine rings is 1. The van der Waals surface area contributed by atoms with E-state index in [1.807, 2.05) is 12.1 Å². The lowest BCUT2D eigenvalue weighted by Crippen LogP contribution is -2.46. The van der Waals surface area contributed by atoms with E-state index >= 15 is 0 Å². The number of nitrogens with one attached hydrogen (secondary N) is 1. The number of anilines is 1. The van der Waals surface area contributed by atoms with E-state index in [-0.39, 0.29) is 4.88 Å². The van der Waals surface area contributed by atoms with Crippen LogP contribution in [0.25, 0.3) is 21.1 Å². The lowest BCUT2D eigenvalue weighted by Gasteiger charge is -2.35. The van der Waals surface area contributed by atoms with Crippen LogP contribution in [0.4, 0.5) is 19.0 Å². The Morgan fingerprint density at radius 1 is 1.09 bits per heavy atom. The molecule has 0 saturated carbocycles. The van der Waals surface area contributed by atoms with Crippen LogP contribution >= 0.6 is 11.3 Å². The Labute approximate surface area is 185 Å². The number of hydrogen-bond acceptors (Lipinski definition) is 6. The van der Waals surface area contributed by atoms with Crippen molar-refractivity contribution in [1.82, 2.24) is 19.9 Å². The molecule has 4 aromatic rings. The summed E-state index contributed by atoms with van der Waals surface area (Å²) < 4.78 is 38.4.